The van der Waals surface area contributed by atoms with Crippen LogP contribution in [-0.4, -0.2) is 12.3 Å². The molecule has 0 aliphatic heterocycles. The van der Waals surface area contributed by atoms with Gasteiger partial charge in [-0.2, -0.15) is 0 Å². The van der Waals surface area contributed by atoms with E-state index in [0.29, 0.717) is 0 Å². The lowest BCUT2D eigenvalue weighted by molar-refractivity contribution is 0.379. The molecule has 1 aromatic carbocycles. The maximum absolute atomic E-state index is 5.48. The lowest BCUT2D eigenvalue weighted by atomic mass is 10.0. The molecule has 1 atom stereocenters. The maximum Gasteiger partial charge on any atom is 0.141 e. The molecule has 0 amide bonds. The molecule has 0 unspecified atom stereocenters. The van der Waals surface area contributed by atoms with Crippen LogP contribution in [0.3, 0.4) is 0 Å². The number of nitrogens with zero attached hydrogens (tertiary/aromatic N) is 1. The van der Waals surface area contributed by atoms with Gasteiger partial charge in [0, 0.05) is 30.1 Å². The lowest BCUT2D eigenvalue weighted by Crippen LogP contribution is -2.20. The predicted molar refractivity (Wildman–Crippen MR) is 88.2 cm³/mol. The molecular formula is C18H26N2O2. The number of ether oxygens (including phenoxy) is 1. The maximum atomic E-state index is 5.48. The molecule has 0 radical (unpaired) electrons. The van der Waals surface area contributed by atoms with Gasteiger partial charge in [-0.1, -0.05) is 36.7 Å². The third kappa shape index (κ3) is 3.50. The van der Waals surface area contributed by atoms with E-state index in [1.165, 1.54) is 16.7 Å². The smallest absolute Gasteiger partial charge is 0.141 e. The van der Waals surface area contributed by atoms with Gasteiger partial charge in [0.15, 0.2) is 0 Å². The summed E-state index contributed by atoms with van der Waals surface area (Å²) in [4.78, 5) is 0. The second-order valence-corrected chi connectivity index (χ2v) is 5.59. The van der Waals surface area contributed by atoms with Gasteiger partial charge in [-0.25, -0.2) is 0 Å². The van der Waals surface area contributed by atoms with Crippen molar-refractivity contribution in [1.82, 2.24) is 10.5 Å². The first-order valence-corrected chi connectivity index (χ1v) is 7.94. The van der Waals surface area contributed by atoms with Crippen molar-refractivity contribution in [2.75, 3.05) is 7.11 Å². The van der Waals surface area contributed by atoms with Crippen molar-refractivity contribution in [3.63, 3.8) is 0 Å². The zero-order valence-corrected chi connectivity index (χ0v) is 14.2. The zero-order chi connectivity index (χ0) is 16.1. The summed E-state index contributed by atoms with van der Waals surface area (Å²) in [6, 6.07) is 6.46. The summed E-state index contributed by atoms with van der Waals surface area (Å²) >= 11 is 0. The number of aromatic nitrogens is 1. The molecule has 0 spiro atoms. The highest BCUT2D eigenvalue weighted by Gasteiger charge is 2.16. The highest BCUT2D eigenvalue weighted by atomic mass is 16.5. The fourth-order valence-corrected chi connectivity index (χ4v) is 2.70. The second kappa shape index (κ2) is 7.45. The van der Waals surface area contributed by atoms with E-state index in [2.05, 4.69) is 50.3 Å². The van der Waals surface area contributed by atoms with E-state index in [1.54, 1.807) is 7.11 Å². The van der Waals surface area contributed by atoms with Crippen LogP contribution in [0.1, 0.15) is 55.0 Å². The summed E-state index contributed by atoms with van der Waals surface area (Å²) in [5.41, 5.74) is 4.66. The van der Waals surface area contributed by atoms with Gasteiger partial charge < -0.3 is 14.6 Å². The van der Waals surface area contributed by atoms with Gasteiger partial charge in [0.25, 0.3) is 0 Å². The Balaban J connectivity index is 2.15. The summed E-state index contributed by atoms with van der Waals surface area (Å²) in [6.45, 7) is 9.21. The first kappa shape index (κ1) is 16.6. The van der Waals surface area contributed by atoms with Crippen molar-refractivity contribution in [2.24, 2.45) is 0 Å². The van der Waals surface area contributed by atoms with Crippen molar-refractivity contribution >= 4 is 0 Å². The number of nitrogens with one attached hydrogen (secondary N) is 1. The van der Waals surface area contributed by atoms with Crippen LogP contribution < -0.4 is 10.1 Å². The zero-order valence-electron chi connectivity index (χ0n) is 14.2. The minimum absolute atomic E-state index is 0.194. The van der Waals surface area contributed by atoms with Gasteiger partial charge in [0.1, 0.15) is 11.5 Å². The van der Waals surface area contributed by atoms with Gasteiger partial charge >= 0.3 is 0 Å². The van der Waals surface area contributed by atoms with Gasteiger partial charge in [0.05, 0.1) is 12.8 Å². The summed E-state index contributed by atoms with van der Waals surface area (Å²) in [6.07, 6.45) is 1.76. The van der Waals surface area contributed by atoms with E-state index >= 15 is 0 Å². The van der Waals surface area contributed by atoms with E-state index in [-0.39, 0.29) is 6.04 Å². The molecule has 0 bridgehead atoms. The Morgan fingerprint density at radius 1 is 1.27 bits per heavy atom. The largest absolute Gasteiger partial charge is 0.496 e. The Hall–Kier alpha value is -1.81. The van der Waals surface area contributed by atoms with Crippen molar-refractivity contribution in [3.8, 4) is 5.75 Å². The second-order valence-electron chi connectivity index (χ2n) is 5.59. The molecule has 0 saturated heterocycles. The standard InChI is InChI=1S/C18H26N2O2/c1-6-16-15(17(7-2)22-20-16)11-19-13(4)14-10-12(3)8-9-18(14)21-5/h8-10,13,19H,6-7,11H2,1-5H3/t13-/m0/s1. The van der Waals surface area contributed by atoms with Crippen LogP contribution in [0.5, 0.6) is 5.75 Å². The first-order valence-electron chi connectivity index (χ1n) is 7.94. The summed E-state index contributed by atoms with van der Waals surface area (Å²) in [5.74, 6) is 1.90. The normalized spacial score (nSPS) is 12.4. The topological polar surface area (TPSA) is 47.3 Å². The molecule has 22 heavy (non-hydrogen) atoms. The molecule has 120 valence electrons. The summed E-state index contributed by atoms with van der Waals surface area (Å²) < 4.78 is 10.9. The minimum Gasteiger partial charge on any atom is -0.496 e. The quantitative estimate of drug-likeness (QED) is 0.840. The average molecular weight is 302 g/mol. The van der Waals surface area contributed by atoms with E-state index in [1.807, 2.05) is 6.07 Å². The van der Waals surface area contributed by atoms with Crippen LogP contribution in [0.2, 0.25) is 0 Å². The van der Waals surface area contributed by atoms with Crippen LogP contribution >= 0.6 is 0 Å². The average Bonchev–Trinajstić information content (AvgIpc) is 2.94. The van der Waals surface area contributed by atoms with E-state index in [4.69, 9.17) is 9.26 Å². The Bertz CT molecular complexity index is 598. The van der Waals surface area contributed by atoms with Crippen LogP contribution in [0.4, 0.5) is 0 Å². The fraction of sp³-hybridized carbons (Fsp3) is 0.500. The summed E-state index contributed by atoms with van der Waals surface area (Å²) in [7, 11) is 1.71. The number of benzene rings is 1. The lowest BCUT2D eigenvalue weighted by Gasteiger charge is -2.18. The molecule has 1 heterocycles. The first-order chi connectivity index (χ1) is 10.6. The number of hydrogen-bond donors (Lipinski definition) is 1. The number of hydrogen-bond acceptors (Lipinski definition) is 4. The van der Waals surface area contributed by atoms with Gasteiger partial charge in [-0.05, 0) is 26.3 Å². The highest BCUT2D eigenvalue weighted by Crippen LogP contribution is 2.27. The molecule has 0 fully saturated rings. The SMILES string of the molecule is CCc1noc(CC)c1CN[C@@H](C)c1cc(C)ccc1OC. The van der Waals surface area contributed by atoms with Crippen LogP contribution in [0.15, 0.2) is 22.7 Å². The Kier molecular flexibility index (Phi) is 5.61. The van der Waals surface area contributed by atoms with Crippen molar-refractivity contribution in [1.29, 1.82) is 0 Å². The van der Waals surface area contributed by atoms with Crippen molar-refractivity contribution < 1.29 is 9.26 Å². The number of rotatable bonds is 7. The number of aryl methyl sites for hydroxylation is 3. The number of methoxy groups -OCH3 is 1. The van der Waals surface area contributed by atoms with Crippen molar-refractivity contribution in [3.05, 3.63) is 46.3 Å². The van der Waals surface area contributed by atoms with E-state index in [9.17, 15) is 0 Å². The fourth-order valence-electron chi connectivity index (χ4n) is 2.70. The molecule has 2 rings (SSSR count). The van der Waals surface area contributed by atoms with Crippen LogP contribution in [0, 0.1) is 6.92 Å². The van der Waals surface area contributed by atoms with Gasteiger partial charge in [0.2, 0.25) is 0 Å². The molecule has 2 aromatic rings. The molecule has 1 aromatic heterocycles. The Morgan fingerprint density at radius 3 is 2.68 bits per heavy atom. The third-order valence-corrected chi connectivity index (χ3v) is 4.04. The van der Waals surface area contributed by atoms with Crippen LogP contribution in [0.25, 0.3) is 0 Å². The van der Waals surface area contributed by atoms with E-state index in [0.717, 1.165) is 36.6 Å². The molecule has 0 aliphatic carbocycles. The van der Waals surface area contributed by atoms with Crippen molar-refractivity contribution in [2.45, 2.75) is 53.1 Å². The third-order valence-electron chi connectivity index (χ3n) is 4.04. The molecule has 1 N–H and O–H groups in total. The van der Waals surface area contributed by atoms with Gasteiger partial charge in [-0.3, -0.25) is 0 Å². The van der Waals surface area contributed by atoms with E-state index < -0.39 is 0 Å². The highest BCUT2D eigenvalue weighted by molar-refractivity contribution is 5.39. The Morgan fingerprint density at radius 2 is 2.05 bits per heavy atom. The van der Waals surface area contributed by atoms with Gasteiger partial charge in [-0.15, -0.1) is 0 Å². The monoisotopic (exact) mass is 302 g/mol. The molecule has 4 nitrogen and oxygen atoms in total. The summed E-state index contributed by atoms with van der Waals surface area (Å²) in [5, 5.41) is 7.74. The minimum atomic E-state index is 0.194. The molecule has 0 saturated carbocycles. The molecular weight excluding hydrogens is 276 g/mol. The van der Waals surface area contributed by atoms with Crippen LogP contribution in [-0.2, 0) is 19.4 Å². The molecule has 4 heteroatoms. The Labute approximate surface area is 132 Å². The molecule has 0 aliphatic rings. The predicted octanol–water partition coefficient (Wildman–Crippen LogP) is 3.97.